The number of carbonyl (C=O) groups excluding carboxylic acids is 3. The SMILES string of the molecule is CNCCCC[C@H](NC(=O)CCOCCOCCOCCOCCOCCOCCOCCOCCNC(=O)CCCc1ccc(I)cc1)C(C)=O. The maximum atomic E-state index is 12.1. The van der Waals surface area contributed by atoms with Crippen molar-refractivity contribution in [3.8, 4) is 0 Å². The summed E-state index contributed by atoms with van der Waals surface area (Å²) in [6.45, 7) is 10.0. The topological polar surface area (TPSA) is 161 Å². The van der Waals surface area contributed by atoms with Gasteiger partial charge in [-0.05, 0) is 92.9 Å². The number of nitrogens with one attached hydrogen (secondary N) is 3. The van der Waals surface area contributed by atoms with Gasteiger partial charge in [0, 0.05) is 23.0 Å². The first-order chi connectivity index (χ1) is 25.4. The van der Waals surface area contributed by atoms with Crippen LogP contribution < -0.4 is 16.0 Å². The van der Waals surface area contributed by atoms with Gasteiger partial charge in [0.05, 0.1) is 112 Å². The molecule has 0 bridgehead atoms. The lowest BCUT2D eigenvalue weighted by Gasteiger charge is -2.16. The second-order valence-corrected chi connectivity index (χ2v) is 13.1. The summed E-state index contributed by atoms with van der Waals surface area (Å²) in [5.74, 6) is -0.158. The lowest BCUT2D eigenvalue weighted by molar-refractivity contribution is -0.127. The molecule has 14 nitrogen and oxygen atoms in total. The Morgan fingerprint density at radius 1 is 0.577 bits per heavy atom. The second kappa shape index (κ2) is 36.2. The molecule has 2 amide bonds. The molecule has 0 fully saturated rings. The zero-order chi connectivity index (χ0) is 37.7. The van der Waals surface area contributed by atoms with Gasteiger partial charge in [0.1, 0.15) is 0 Å². The molecule has 0 saturated heterocycles. The number of unbranched alkanes of at least 4 members (excludes halogenated alkanes) is 1. The standard InChI is InChI=1S/C37H64IN3O11/c1-32(42)35(7-3-4-14-39-2)41-37(44)13-16-45-18-20-47-22-24-49-26-28-51-30-31-52-29-27-50-25-23-48-21-19-46-17-15-40-36(43)8-5-6-33-9-11-34(38)12-10-33/h9-12,35,39H,3-8,13-31H2,1-2H3,(H,40,43)(H,41,44)/t35-/m0/s1. The highest BCUT2D eigenvalue weighted by molar-refractivity contribution is 14.1. The number of benzene rings is 1. The third-order valence-electron chi connectivity index (χ3n) is 7.42. The first kappa shape index (κ1) is 48.2. The Morgan fingerprint density at radius 3 is 1.50 bits per heavy atom. The fourth-order valence-electron chi connectivity index (χ4n) is 4.56. The Labute approximate surface area is 324 Å². The highest BCUT2D eigenvalue weighted by Crippen LogP contribution is 2.09. The van der Waals surface area contributed by atoms with E-state index in [2.05, 4.69) is 62.8 Å². The molecule has 0 unspecified atom stereocenters. The minimum absolute atomic E-state index is 0.0256. The van der Waals surface area contributed by atoms with Crippen LogP contribution in [0.5, 0.6) is 0 Å². The van der Waals surface area contributed by atoms with E-state index in [9.17, 15) is 14.4 Å². The Hall–Kier alpha value is -1.80. The zero-order valence-electron chi connectivity index (χ0n) is 31.4. The largest absolute Gasteiger partial charge is 0.379 e. The summed E-state index contributed by atoms with van der Waals surface area (Å²) in [6, 6.07) is 7.94. The quantitative estimate of drug-likeness (QED) is 0.0661. The van der Waals surface area contributed by atoms with Gasteiger partial charge in [0.15, 0.2) is 5.78 Å². The summed E-state index contributed by atoms with van der Waals surface area (Å²) in [5.41, 5.74) is 1.25. The van der Waals surface area contributed by atoms with E-state index in [0.29, 0.717) is 118 Å². The van der Waals surface area contributed by atoms with Crippen LogP contribution in [0.15, 0.2) is 24.3 Å². The fraction of sp³-hybridized carbons (Fsp3) is 0.757. The third-order valence-corrected chi connectivity index (χ3v) is 8.14. The molecule has 3 N–H and O–H groups in total. The summed E-state index contributed by atoms with van der Waals surface area (Å²) in [7, 11) is 1.89. The Morgan fingerprint density at radius 2 is 1.04 bits per heavy atom. The third kappa shape index (κ3) is 31.7. The Kier molecular flexibility index (Phi) is 33.6. The van der Waals surface area contributed by atoms with Crippen LogP contribution in [0.25, 0.3) is 0 Å². The summed E-state index contributed by atoms with van der Waals surface area (Å²) in [6.07, 6.45) is 4.93. The van der Waals surface area contributed by atoms with Gasteiger partial charge in [0.25, 0.3) is 0 Å². The number of hydrogen-bond donors (Lipinski definition) is 3. The Bertz CT molecular complexity index is 1010. The highest BCUT2D eigenvalue weighted by atomic mass is 127. The van der Waals surface area contributed by atoms with Gasteiger partial charge in [0.2, 0.25) is 11.8 Å². The van der Waals surface area contributed by atoms with Crippen LogP contribution in [-0.4, -0.2) is 149 Å². The molecule has 0 aliphatic rings. The first-order valence-electron chi connectivity index (χ1n) is 18.5. The van der Waals surface area contributed by atoms with Crippen molar-refractivity contribution >= 4 is 40.2 Å². The van der Waals surface area contributed by atoms with Gasteiger partial charge < -0.3 is 53.8 Å². The van der Waals surface area contributed by atoms with Gasteiger partial charge in [-0.25, -0.2) is 0 Å². The van der Waals surface area contributed by atoms with E-state index in [1.165, 1.54) is 16.1 Å². The molecule has 0 saturated carbocycles. The van der Waals surface area contributed by atoms with Crippen LogP contribution in [0.1, 0.15) is 51.0 Å². The van der Waals surface area contributed by atoms with Crippen molar-refractivity contribution < 1.29 is 52.3 Å². The van der Waals surface area contributed by atoms with Gasteiger partial charge in [-0.3, -0.25) is 14.4 Å². The van der Waals surface area contributed by atoms with Crippen LogP contribution in [0.4, 0.5) is 0 Å². The molecular formula is C37H64IN3O11. The number of carbonyl (C=O) groups is 3. The average Bonchev–Trinajstić information content (AvgIpc) is 3.13. The minimum Gasteiger partial charge on any atom is -0.379 e. The van der Waals surface area contributed by atoms with E-state index in [1.54, 1.807) is 0 Å². The van der Waals surface area contributed by atoms with Crippen LogP contribution in [0, 0.1) is 3.57 Å². The molecule has 0 radical (unpaired) electrons. The van der Waals surface area contributed by atoms with Crippen molar-refractivity contribution in [1.29, 1.82) is 0 Å². The average molecular weight is 854 g/mol. The van der Waals surface area contributed by atoms with E-state index >= 15 is 0 Å². The van der Waals surface area contributed by atoms with E-state index in [1.807, 2.05) is 7.05 Å². The lowest BCUT2D eigenvalue weighted by atomic mass is 10.1. The molecule has 0 heterocycles. The number of Topliss-reactive ketones (excluding diaryl/α,β-unsaturated/α-hetero) is 1. The van der Waals surface area contributed by atoms with Crippen LogP contribution in [0.2, 0.25) is 0 Å². The molecule has 1 rings (SSSR count). The highest BCUT2D eigenvalue weighted by Gasteiger charge is 2.16. The smallest absolute Gasteiger partial charge is 0.222 e. The van der Waals surface area contributed by atoms with E-state index < -0.39 is 6.04 Å². The fourth-order valence-corrected chi connectivity index (χ4v) is 4.91. The van der Waals surface area contributed by atoms with Crippen LogP contribution >= 0.6 is 22.6 Å². The molecule has 15 heteroatoms. The predicted molar refractivity (Wildman–Crippen MR) is 207 cm³/mol. The number of halogens is 1. The maximum absolute atomic E-state index is 12.1. The van der Waals surface area contributed by atoms with Crippen LogP contribution in [0.3, 0.4) is 0 Å². The molecular weight excluding hydrogens is 789 g/mol. The van der Waals surface area contributed by atoms with E-state index in [0.717, 1.165) is 32.2 Å². The summed E-state index contributed by atoms with van der Waals surface area (Å²) in [5, 5.41) is 8.75. The summed E-state index contributed by atoms with van der Waals surface area (Å²) < 4.78 is 45.1. The van der Waals surface area contributed by atoms with Crippen molar-refractivity contribution in [2.24, 2.45) is 0 Å². The number of rotatable bonds is 38. The number of ether oxygens (including phenoxy) is 8. The van der Waals surface area contributed by atoms with Crippen molar-refractivity contribution in [2.75, 3.05) is 126 Å². The van der Waals surface area contributed by atoms with Crippen molar-refractivity contribution in [2.45, 2.75) is 57.9 Å². The number of ketones is 1. The summed E-state index contributed by atoms with van der Waals surface area (Å²) >= 11 is 2.28. The second-order valence-electron chi connectivity index (χ2n) is 11.8. The van der Waals surface area contributed by atoms with Crippen molar-refractivity contribution in [3.05, 3.63) is 33.4 Å². The molecule has 1 aromatic carbocycles. The zero-order valence-corrected chi connectivity index (χ0v) is 33.6. The van der Waals surface area contributed by atoms with Crippen molar-refractivity contribution in [3.63, 3.8) is 0 Å². The van der Waals surface area contributed by atoms with Crippen LogP contribution in [-0.2, 0) is 58.7 Å². The normalized spacial score (nSPS) is 11.8. The molecule has 0 aliphatic heterocycles. The lowest BCUT2D eigenvalue weighted by Crippen LogP contribution is -2.40. The summed E-state index contributed by atoms with van der Waals surface area (Å²) in [4.78, 5) is 35.8. The molecule has 52 heavy (non-hydrogen) atoms. The minimum atomic E-state index is -0.432. The van der Waals surface area contributed by atoms with Gasteiger partial charge in [-0.1, -0.05) is 12.1 Å². The number of amides is 2. The number of hydrogen-bond acceptors (Lipinski definition) is 12. The predicted octanol–water partition coefficient (Wildman–Crippen LogP) is 2.72. The van der Waals surface area contributed by atoms with Crippen molar-refractivity contribution in [1.82, 2.24) is 16.0 Å². The molecule has 300 valence electrons. The monoisotopic (exact) mass is 853 g/mol. The van der Waals surface area contributed by atoms with Gasteiger partial charge in [-0.15, -0.1) is 0 Å². The van der Waals surface area contributed by atoms with Gasteiger partial charge in [-0.2, -0.15) is 0 Å². The molecule has 1 aromatic rings. The molecule has 0 aromatic heterocycles. The van der Waals surface area contributed by atoms with E-state index in [4.69, 9.17) is 37.9 Å². The Balaban J connectivity index is 1.73. The first-order valence-corrected chi connectivity index (χ1v) is 19.6. The maximum Gasteiger partial charge on any atom is 0.222 e. The molecule has 1 atom stereocenters. The molecule has 0 spiro atoms. The number of aryl methyl sites for hydroxylation is 1. The molecule has 0 aliphatic carbocycles. The van der Waals surface area contributed by atoms with E-state index in [-0.39, 0.29) is 30.6 Å². The van der Waals surface area contributed by atoms with Gasteiger partial charge >= 0.3 is 0 Å².